The Morgan fingerprint density at radius 3 is 2.84 bits per heavy atom. The van der Waals surface area contributed by atoms with E-state index in [2.05, 4.69) is 25.5 Å². The molecule has 9 nitrogen and oxygen atoms in total. The van der Waals surface area contributed by atoms with Crippen LogP contribution in [0.2, 0.25) is 0 Å². The van der Waals surface area contributed by atoms with E-state index in [-0.39, 0.29) is 17.7 Å². The number of nitrogens with one attached hydrogen (secondary N) is 2. The summed E-state index contributed by atoms with van der Waals surface area (Å²) in [5.41, 5.74) is 2.62. The largest absolute Gasteiger partial charge is 0.507 e. The van der Waals surface area contributed by atoms with Crippen molar-refractivity contribution in [3.63, 3.8) is 0 Å². The average molecular weight is 437 g/mol. The van der Waals surface area contributed by atoms with Gasteiger partial charge in [-0.1, -0.05) is 6.07 Å². The Kier molecular flexibility index (Phi) is 5.91. The molecule has 0 atom stereocenters. The number of carbonyl (C=O) groups is 1. The number of aromatic hydroxyl groups is 1. The van der Waals surface area contributed by atoms with Crippen molar-refractivity contribution in [1.82, 2.24) is 24.6 Å². The minimum atomic E-state index is -0.234. The highest BCUT2D eigenvalue weighted by molar-refractivity contribution is 5.97. The van der Waals surface area contributed by atoms with Crippen molar-refractivity contribution < 1.29 is 14.6 Å². The molecule has 32 heavy (non-hydrogen) atoms. The first kappa shape index (κ1) is 20.7. The van der Waals surface area contributed by atoms with Gasteiger partial charge in [-0.05, 0) is 37.9 Å². The number of hydrogen-bond acceptors (Lipinski definition) is 7. The van der Waals surface area contributed by atoms with Crippen LogP contribution >= 0.6 is 0 Å². The fourth-order valence-electron chi connectivity index (χ4n) is 3.97. The van der Waals surface area contributed by atoms with Gasteiger partial charge in [0.2, 0.25) is 0 Å². The first-order valence-corrected chi connectivity index (χ1v) is 11.2. The zero-order valence-electron chi connectivity index (χ0n) is 18.0. The van der Waals surface area contributed by atoms with Gasteiger partial charge in [0.15, 0.2) is 11.5 Å². The molecule has 0 radical (unpaired) electrons. The summed E-state index contributed by atoms with van der Waals surface area (Å²) in [7, 11) is 0. The number of nitrogens with zero attached hydrogens (tertiary/aromatic N) is 4. The van der Waals surface area contributed by atoms with E-state index >= 15 is 0 Å². The van der Waals surface area contributed by atoms with Gasteiger partial charge in [0.05, 0.1) is 30.7 Å². The minimum Gasteiger partial charge on any atom is -0.507 e. The van der Waals surface area contributed by atoms with Crippen LogP contribution in [-0.2, 0) is 4.74 Å². The average Bonchev–Trinajstić information content (AvgIpc) is 3.51. The molecule has 3 aromatic rings. The number of benzene rings is 1. The molecule has 9 heteroatoms. The van der Waals surface area contributed by atoms with E-state index in [0.717, 1.165) is 81.4 Å². The van der Waals surface area contributed by atoms with E-state index in [1.54, 1.807) is 24.5 Å². The lowest BCUT2D eigenvalue weighted by molar-refractivity contribution is 0.0378. The molecule has 0 spiro atoms. The van der Waals surface area contributed by atoms with Gasteiger partial charge in [-0.25, -0.2) is 9.97 Å². The van der Waals surface area contributed by atoms with Crippen LogP contribution in [0, 0.1) is 0 Å². The number of phenols is 1. The molecule has 1 aliphatic heterocycles. The molecule has 1 aromatic carbocycles. The molecule has 168 valence electrons. The standard InChI is InChI=1S/C23H28N6O3/c30-20-14-16(2-5-18(20)23(31)27-17-3-4-17)19-15-26-22-21(25-7-9-29(19)22)24-6-1-8-28-10-12-32-13-11-28/h2,5,7,9,14-15,17,30H,1,3-4,6,8,10-13H2,(H,24,25)(H,27,31). The lowest BCUT2D eigenvalue weighted by atomic mass is 10.1. The molecule has 2 aliphatic rings. The Labute approximate surface area is 186 Å². The van der Waals surface area contributed by atoms with Gasteiger partial charge in [0.1, 0.15) is 5.75 Å². The number of anilines is 1. The molecule has 2 aromatic heterocycles. The van der Waals surface area contributed by atoms with Gasteiger partial charge < -0.3 is 20.5 Å². The molecular weight excluding hydrogens is 408 g/mol. The molecular formula is C23H28N6O3. The maximum Gasteiger partial charge on any atom is 0.255 e. The summed E-state index contributed by atoms with van der Waals surface area (Å²) in [6.07, 6.45) is 8.36. The Morgan fingerprint density at radius 1 is 1.22 bits per heavy atom. The Hall–Kier alpha value is -3.17. The summed E-state index contributed by atoms with van der Waals surface area (Å²) in [6.45, 7) is 5.44. The topological polar surface area (TPSA) is 104 Å². The number of fused-ring (bicyclic) bond motifs is 1. The maximum absolute atomic E-state index is 12.3. The van der Waals surface area contributed by atoms with Crippen LogP contribution in [0.15, 0.2) is 36.8 Å². The second-order valence-corrected chi connectivity index (χ2v) is 8.33. The van der Waals surface area contributed by atoms with Crippen LogP contribution in [0.25, 0.3) is 16.9 Å². The Morgan fingerprint density at radius 2 is 2.06 bits per heavy atom. The molecule has 1 aliphatic carbocycles. The van der Waals surface area contributed by atoms with E-state index < -0.39 is 0 Å². The first-order chi connectivity index (χ1) is 15.7. The quantitative estimate of drug-likeness (QED) is 0.465. The predicted molar refractivity (Wildman–Crippen MR) is 121 cm³/mol. The number of imidazole rings is 1. The molecule has 3 heterocycles. The third kappa shape index (κ3) is 4.53. The van der Waals surface area contributed by atoms with Crippen molar-refractivity contribution in [2.24, 2.45) is 0 Å². The van der Waals surface area contributed by atoms with Gasteiger partial charge in [-0.15, -0.1) is 0 Å². The van der Waals surface area contributed by atoms with E-state index in [0.29, 0.717) is 5.56 Å². The molecule has 2 fully saturated rings. The molecule has 1 saturated heterocycles. The number of rotatable bonds is 8. The van der Waals surface area contributed by atoms with E-state index in [4.69, 9.17) is 4.74 Å². The number of ether oxygens (including phenoxy) is 1. The van der Waals surface area contributed by atoms with Crippen molar-refractivity contribution in [2.75, 3.05) is 44.7 Å². The summed E-state index contributed by atoms with van der Waals surface area (Å²) in [5.74, 6) is 0.457. The Bertz CT molecular complexity index is 1100. The first-order valence-electron chi connectivity index (χ1n) is 11.2. The second-order valence-electron chi connectivity index (χ2n) is 8.33. The molecule has 1 amide bonds. The maximum atomic E-state index is 12.3. The van der Waals surface area contributed by atoms with Crippen LogP contribution in [0.3, 0.4) is 0 Å². The van der Waals surface area contributed by atoms with Crippen LogP contribution in [0.5, 0.6) is 5.75 Å². The Balaban J connectivity index is 1.28. The van der Waals surface area contributed by atoms with Gasteiger partial charge in [0, 0.05) is 43.6 Å². The van der Waals surface area contributed by atoms with Crippen molar-refractivity contribution in [3.8, 4) is 17.0 Å². The monoisotopic (exact) mass is 436 g/mol. The lowest BCUT2D eigenvalue weighted by Gasteiger charge is -2.26. The van der Waals surface area contributed by atoms with Gasteiger partial charge >= 0.3 is 0 Å². The van der Waals surface area contributed by atoms with E-state index in [1.807, 2.05) is 16.7 Å². The number of phenolic OH excluding ortho intramolecular Hbond substituents is 1. The van der Waals surface area contributed by atoms with Gasteiger partial charge in [0.25, 0.3) is 5.91 Å². The van der Waals surface area contributed by atoms with E-state index in [1.165, 1.54) is 0 Å². The molecule has 1 saturated carbocycles. The fourth-order valence-corrected chi connectivity index (χ4v) is 3.97. The second kappa shape index (κ2) is 9.13. The van der Waals surface area contributed by atoms with Crippen molar-refractivity contribution in [3.05, 3.63) is 42.4 Å². The third-order valence-corrected chi connectivity index (χ3v) is 5.93. The summed E-state index contributed by atoms with van der Waals surface area (Å²) < 4.78 is 7.33. The highest BCUT2D eigenvalue weighted by atomic mass is 16.5. The third-order valence-electron chi connectivity index (χ3n) is 5.93. The summed E-state index contributed by atoms with van der Waals surface area (Å²) >= 11 is 0. The van der Waals surface area contributed by atoms with Crippen LogP contribution in [0.4, 0.5) is 5.82 Å². The normalized spacial score (nSPS) is 16.9. The summed E-state index contributed by atoms with van der Waals surface area (Å²) in [4.78, 5) is 23.7. The SMILES string of the molecule is O=C(NC1CC1)c1ccc(-c2cnc3c(NCCCN4CCOCC4)nccn23)cc1O. The molecule has 0 bridgehead atoms. The van der Waals surface area contributed by atoms with Crippen molar-refractivity contribution >= 4 is 17.4 Å². The van der Waals surface area contributed by atoms with Crippen LogP contribution in [-0.4, -0.2) is 75.7 Å². The minimum absolute atomic E-state index is 0.0360. The number of carbonyl (C=O) groups excluding carboxylic acids is 1. The molecule has 0 unspecified atom stereocenters. The number of aromatic nitrogens is 3. The van der Waals surface area contributed by atoms with Crippen LogP contribution in [0.1, 0.15) is 29.6 Å². The zero-order chi connectivity index (χ0) is 21.9. The zero-order valence-corrected chi connectivity index (χ0v) is 18.0. The lowest BCUT2D eigenvalue weighted by Crippen LogP contribution is -2.37. The van der Waals surface area contributed by atoms with Gasteiger partial charge in [-0.2, -0.15) is 0 Å². The smallest absolute Gasteiger partial charge is 0.255 e. The summed E-state index contributed by atoms with van der Waals surface area (Å²) in [5, 5.41) is 16.7. The van der Waals surface area contributed by atoms with Crippen molar-refractivity contribution in [2.45, 2.75) is 25.3 Å². The fraction of sp³-hybridized carbons (Fsp3) is 0.435. The van der Waals surface area contributed by atoms with Crippen LogP contribution < -0.4 is 10.6 Å². The summed E-state index contributed by atoms with van der Waals surface area (Å²) in [6, 6.07) is 5.35. The highest BCUT2D eigenvalue weighted by Gasteiger charge is 2.25. The molecule has 5 rings (SSSR count). The van der Waals surface area contributed by atoms with Crippen molar-refractivity contribution in [1.29, 1.82) is 0 Å². The van der Waals surface area contributed by atoms with Gasteiger partial charge in [-0.3, -0.25) is 14.1 Å². The number of morpholine rings is 1. The highest BCUT2D eigenvalue weighted by Crippen LogP contribution is 2.29. The molecule has 3 N–H and O–H groups in total. The number of hydrogen-bond donors (Lipinski definition) is 3. The number of amides is 1. The van der Waals surface area contributed by atoms with E-state index in [9.17, 15) is 9.90 Å². The predicted octanol–water partition coefficient (Wildman–Crippen LogP) is 2.13.